The molecule has 0 aliphatic carbocycles. The van der Waals surface area contributed by atoms with Gasteiger partial charge in [0.15, 0.2) is 5.78 Å². The molecule has 0 bridgehead atoms. The summed E-state index contributed by atoms with van der Waals surface area (Å²) in [6.45, 7) is 1.87. The van der Waals surface area contributed by atoms with Crippen LogP contribution in [0.3, 0.4) is 0 Å². The van der Waals surface area contributed by atoms with Crippen LogP contribution in [0.4, 0.5) is 0 Å². The number of aryl methyl sites for hydroxylation is 1. The lowest BCUT2D eigenvalue weighted by molar-refractivity contribution is 0.0989. The topological polar surface area (TPSA) is 17.1 Å². The van der Waals surface area contributed by atoms with E-state index in [0.29, 0.717) is 22.9 Å². The Labute approximate surface area is 87.7 Å². The van der Waals surface area contributed by atoms with E-state index >= 15 is 0 Å². The highest BCUT2D eigenvalue weighted by Crippen LogP contribution is 2.17. The molecule has 1 aromatic carbocycles. The second-order valence-corrected chi connectivity index (χ2v) is 3.61. The van der Waals surface area contributed by atoms with Gasteiger partial charge >= 0.3 is 0 Å². The molecule has 0 amide bonds. The van der Waals surface area contributed by atoms with Gasteiger partial charge in [-0.2, -0.15) is 0 Å². The van der Waals surface area contributed by atoms with Crippen molar-refractivity contribution in [3.8, 4) is 0 Å². The van der Waals surface area contributed by atoms with Crippen LogP contribution < -0.4 is 0 Å². The number of benzene rings is 1. The number of ketones is 1. The van der Waals surface area contributed by atoms with Crippen LogP contribution in [0, 0.1) is 6.92 Å². The number of Topliss-reactive ketones (excluding diaryl/α,β-unsaturated/α-hetero) is 1. The number of carbonyl (C=O) groups excluding carboxylic acids is 1. The lowest BCUT2D eigenvalue weighted by atomic mass is 10.1. The highest BCUT2D eigenvalue weighted by Gasteiger charge is 2.05. The Morgan fingerprint density at radius 1 is 1.46 bits per heavy atom. The van der Waals surface area contributed by atoms with E-state index in [0.717, 1.165) is 5.56 Å². The molecule has 0 unspecified atom stereocenters. The molecule has 0 fully saturated rings. The normalized spacial score (nSPS) is 10.1. The molecule has 0 aromatic heterocycles. The van der Waals surface area contributed by atoms with E-state index in [9.17, 15) is 4.79 Å². The smallest absolute Gasteiger partial charge is 0.164 e. The molecule has 0 atom stereocenters. The quantitative estimate of drug-likeness (QED) is 0.559. The first-order valence-corrected chi connectivity index (χ1v) is 4.91. The third kappa shape index (κ3) is 2.71. The number of hydrogen-bond donors (Lipinski definition) is 0. The maximum Gasteiger partial charge on any atom is 0.164 e. The van der Waals surface area contributed by atoms with Gasteiger partial charge in [-0.05, 0) is 30.7 Å². The summed E-state index contributed by atoms with van der Waals surface area (Å²) in [6, 6.07) is 5.25. The molecule has 0 saturated heterocycles. The molecule has 1 rings (SSSR count). The standard InChI is InChI=1S/C10H10Cl2O/c1-7-6-8(2-3-9(7)12)10(13)4-5-11/h2-3,6H,4-5H2,1H3. The fraction of sp³-hybridized carbons (Fsp3) is 0.300. The molecule has 3 heteroatoms. The van der Waals surface area contributed by atoms with Crippen molar-refractivity contribution in [2.75, 3.05) is 5.88 Å². The first kappa shape index (κ1) is 10.6. The maximum atomic E-state index is 11.4. The van der Waals surface area contributed by atoms with Crippen molar-refractivity contribution in [2.45, 2.75) is 13.3 Å². The van der Waals surface area contributed by atoms with E-state index in [1.807, 2.05) is 6.92 Å². The van der Waals surface area contributed by atoms with Gasteiger partial charge in [-0.1, -0.05) is 11.6 Å². The van der Waals surface area contributed by atoms with E-state index in [4.69, 9.17) is 23.2 Å². The molecule has 0 radical (unpaired) electrons. The summed E-state index contributed by atoms with van der Waals surface area (Å²) in [7, 11) is 0. The predicted octanol–water partition coefficient (Wildman–Crippen LogP) is 3.46. The van der Waals surface area contributed by atoms with Gasteiger partial charge in [0, 0.05) is 22.9 Å². The van der Waals surface area contributed by atoms with Gasteiger partial charge in [0.2, 0.25) is 0 Å². The molecular formula is C10H10Cl2O. The van der Waals surface area contributed by atoms with Crippen molar-refractivity contribution in [3.05, 3.63) is 34.3 Å². The van der Waals surface area contributed by atoms with Crippen molar-refractivity contribution >= 4 is 29.0 Å². The molecule has 0 heterocycles. The molecule has 13 heavy (non-hydrogen) atoms. The third-order valence-corrected chi connectivity index (χ3v) is 2.41. The summed E-state index contributed by atoms with van der Waals surface area (Å²) in [4.78, 5) is 11.4. The van der Waals surface area contributed by atoms with Crippen molar-refractivity contribution in [3.63, 3.8) is 0 Å². The van der Waals surface area contributed by atoms with Crippen LogP contribution in [-0.4, -0.2) is 11.7 Å². The summed E-state index contributed by atoms with van der Waals surface area (Å²) in [5.41, 5.74) is 1.60. The van der Waals surface area contributed by atoms with Crippen LogP contribution in [-0.2, 0) is 0 Å². The first-order valence-electron chi connectivity index (χ1n) is 4.00. The monoisotopic (exact) mass is 216 g/mol. The largest absolute Gasteiger partial charge is 0.294 e. The van der Waals surface area contributed by atoms with Gasteiger partial charge in [0.25, 0.3) is 0 Å². The summed E-state index contributed by atoms with van der Waals surface area (Å²) in [6.07, 6.45) is 0.378. The number of halogens is 2. The van der Waals surface area contributed by atoms with E-state index in [-0.39, 0.29) is 5.78 Å². The lowest BCUT2D eigenvalue weighted by Crippen LogP contribution is -1.99. The average molecular weight is 217 g/mol. The van der Waals surface area contributed by atoms with Crippen LogP contribution in [0.2, 0.25) is 5.02 Å². The second-order valence-electron chi connectivity index (χ2n) is 2.83. The molecule has 0 saturated carbocycles. The summed E-state index contributed by atoms with van der Waals surface area (Å²) < 4.78 is 0. The molecule has 0 spiro atoms. The predicted molar refractivity (Wildman–Crippen MR) is 55.9 cm³/mol. The van der Waals surface area contributed by atoms with Gasteiger partial charge in [0.1, 0.15) is 0 Å². The van der Waals surface area contributed by atoms with Crippen molar-refractivity contribution in [2.24, 2.45) is 0 Å². The highest BCUT2D eigenvalue weighted by molar-refractivity contribution is 6.31. The van der Waals surface area contributed by atoms with E-state index < -0.39 is 0 Å². The SMILES string of the molecule is Cc1cc(C(=O)CCCl)ccc1Cl. The van der Waals surface area contributed by atoms with Crippen LogP contribution in [0.5, 0.6) is 0 Å². The zero-order valence-corrected chi connectivity index (χ0v) is 8.82. The molecule has 0 N–H and O–H groups in total. The number of carbonyl (C=O) groups is 1. The minimum absolute atomic E-state index is 0.0646. The van der Waals surface area contributed by atoms with E-state index in [1.54, 1.807) is 18.2 Å². The highest BCUT2D eigenvalue weighted by atomic mass is 35.5. The lowest BCUT2D eigenvalue weighted by Gasteiger charge is -2.01. The maximum absolute atomic E-state index is 11.4. The van der Waals surface area contributed by atoms with Gasteiger partial charge in [-0.25, -0.2) is 0 Å². The van der Waals surface area contributed by atoms with Crippen LogP contribution in [0.1, 0.15) is 22.3 Å². The van der Waals surface area contributed by atoms with Crippen LogP contribution in [0.25, 0.3) is 0 Å². The summed E-state index contributed by atoms with van der Waals surface area (Å²) >= 11 is 11.3. The average Bonchev–Trinajstić information content (AvgIpc) is 2.10. The molecule has 0 aliphatic heterocycles. The van der Waals surface area contributed by atoms with Crippen molar-refractivity contribution < 1.29 is 4.79 Å². The van der Waals surface area contributed by atoms with Gasteiger partial charge in [-0.15, -0.1) is 11.6 Å². The second kappa shape index (κ2) is 4.64. The van der Waals surface area contributed by atoms with Crippen LogP contribution >= 0.6 is 23.2 Å². The zero-order valence-electron chi connectivity index (χ0n) is 7.31. The molecule has 1 nitrogen and oxygen atoms in total. The van der Waals surface area contributed by atoms with Crippen molar-refractivity contribution in [1.29, 1.82) is 0 Å². The minimum Gasteiger partial charge on any atom is -0.294 e. The minimum atomic E-state index is 0.0646. The number of hydrogen-bond acceptors (Lipinski definition) is 1. The fourth-order valence-electron chi connectivity index (χ4n) is 1.05. The van der Waals surface area contributed by atoms with E-state index in [2.05, 4.69) is 0 Å². The van der Waals surface area contributed by atoms with E-state index in [1.165, 1.54) is 0 Å². The summed E-state index contributed by atoms with van der Waals surface area (Å²) in [5.74, 6) is 0.426. The zero-order chi connectivity index (χ0) is 9.84. The Morgan fingerprint density at radius 2 is 2.15 bits per heavy atom. The Balaban J connectivity index is 2.90. The number of alkyl halides is 1. The fourth-order valence-corrected chi connectivity index (χ4v) is 1.34. The molecule has 1 aromatic rings. The van der Waals surface area contributed by atoms with Crippen LogP contribution in [0.15, 0.2) is 18.2 Å². The Kier molecular flexibility index (Phi) is 3.76. The van der Waals surface area contributed by atoms with Crippen molar-refractivity contribution in [1.82, 2.24) is 0 Å². The Morgan fingerprint density at radius 3 is 2.69 bits per heavy atom. The number of rotatable bonds is 3. The molecule has 70 valence electrons. The Bertz CT molecular complexity index is 321. The molecule has 0 aliphatic rings. The first-order chi connectivity index (χ1) is 6.15. The summed E-state index contributed by atoms with van der Waals surface area (Å²) in [5, 5.41) is 0.683. The van der Waals surface area contributed by atoms with Gasteiger partial charge < -0.3 is 0 Å². The van der Waals surface area contributed by atoms with Gasteiger partial charge in [-0.3, -0.25) is 4.79 Å². The third-order valence-electron chi connectivity index (χ3n) is 1.80. The Hall–Kier alpha value is -0.530. The molecular weight excluding hydrogens is 207 g/mol. The van der Waals surface area contributed by atoms with Gasteiger partial charge in [0.05, 0.1) is 0 Å².